The second-order valence-corrected chi connectivity index (χ2v) is 5.67. The fraction of sp³-hybridized carbons (Fsp3) is 0.150. The Hall–Kier alpha value is -2.61. The molecule has 0 heterocycles. The quantitative estimate of drug-likeness (QED) is 0.764. The van der Waals surface area contributed by atoms with E-state index in [1.165, 1.54) is 10.8 Å². The van der Waals surface area contributed by atoms with E-state index >= 15 is 0 Å². The molecule has 1 unspecified atom stereocenters. The van der Waals surface area contributed by atoms with E-state index in [2.05, 4.69) is 30.3 Å². The van der Waals surface area contributed by atoms with E-state index in [9.17, 15) is 4.79 Å². The second-order valence-electron chi connectivity index (χ2n) is 5.67. The van der Waals surface area contributed by atoms with Gasteiger partial charge >= 0.3 is 0 Å². The summed E-state index contributed by atoms with van der Waals surface area (Å²) >= 11 is 0. The molecular weight excluding hydrogens is 270 g/mol. The smallest absolute Gasteiger partial charge is 0.221 e. The van der Waals surface area contributed by atoms with E-state index in [-0.39, 0.29) is 11.8 Å². The maximum atomic E-state index is 11.8. The van der Waals surface area contributed by atoms with E-state index in [1.807, 2.05) is 42.5 Å². The number of hydrogen-bond acceptors (Lipinski definition) is 1. The van der Waals surface area contributed by atoms with Gasteiger partial charge in [0.1, 0.15) is 0 Å². The summed E-state index contributed by atoms with van der Waals surface area (Å²) in [5.74, 6) is -0.416. The number of carbonyl (C=O) groups is 1. The molecule has 1 amide bonds. The first-order valence-corrected chi connectivity index (χ1v) is 7.53. The van der Waals surface area contributed by atoms with E-state index in [0.717, 1.165) is 11.1 Å². The van der Waals surface area contributed by atoms with Gasteiger partial charge in [0.25, 0.3) is 0 Å². The van der Waals surface area contributed by atoms with Crippen molar-refractivity contribution in [2.75, 3.05) is 0 Å². The van der Waals surface area contributed by atoms with Gasteiger partial charge in [0.15, 0.2) is 0 Å². The zero-order valence-corrected chi connectivity index (χ0v) is 12.4. The minimum Gasteiger partial charge on any atom is -0.369 e. The van der Waals surface area contributed by atoms with Gasteiger partial charge in [-0.1, -0.05) is 72.8 Å². The first-order chi connectivity index (χ1) is 10.7. The van der Waals surface area contributed by atoms with E-state index in [1.54, 1.807) is 0 Å². The summed E-state index contributed by atoms with van der Waals surface area (Å²) in [5.41, 5.74) is 7.90. The van der Waals surface area contributed by atoms with Crippen LogP contribution in [0.15, 0.2) is 72.8 Å². The van der Waals surface area contributed by atoms with Gasteiger partial charge in [-0.15, -0.1) is 0 Å². The lowest BCUT2D eigenvalue weighted by molar-refractivity contribution is -0.121. The zero-order valence-electron chi connectivity index (χ0n) is 12.4. The van der Waals surface area contributed by atoms with Crippen LogP contribution in [0.2, 0.25) is 0 Å². The molecule has 0 saturated carbocycles. The predicted octanol–water partition coefficient (Wildman–Crippen LogP) is 3.73. The van der Waals surface area contributed by atoms with Gasteiger partial charge in [0, 0.05) is 5.92 Å². The molecule has 110 valence electrons. The highest BCUT2D eigenvalue weighted by Gasteiger charge is 2.16. The first-order valence-electron chi connectivity index (χ1n) is 7.53. The topological polar surface area (TPSA) is 43.1 Å². The monoisotopic (exact) mass is 289 g/mol. The molecule has 0 bridgehead atoms. The summed E-state index contributed by atoms with van der Waals surface area (Å²) in [6, 6.07) is 24.6. The fourth-order valence-corrected chi connectivity index (χ4v) is 2.82. The molecular formula is C20H19NO. The molecule has 0 fully saturated rings. The van der Waals surface area contributed by atoms with Crippen LogP contribution in [0.4, 0.5) is 0 Å². The van der Waals surface area contributed by atoms with Crippen molar-refractivity contribution in [3.8, 4) is 0 Å². The molecule has 0 aliphatic heterocycles. The number of hydrogen-bond donors (Lipinski definition) is 1. The maximum absolute atomic E-state index is 11.8. The molecule has 1 atom stereocenters. The van der Waals surface area contributed by atoms with Crippen LogP contribution in [0.1, 0.15) is 11.1 Å². The van der Waals surface area contributed by atoms with Crippen LogP contribution in [0, 0.1) is 5.92 Å². The van der Waals surface area contributed by atoms with Gasteiger partial charge in [0.05, 0.1) is 0 Å². The summed E-state index contributed by atoms with van der Waals surface area (Å²) < 4.78 is 0. The van der Waals surface area contributed by atoms with Crippen LogP contribution in [0.5, 0.6) is 0 Å². The van der Waals surface area contributed by atoms with Crippen molar-refractivity contribution >= 4 is 16.7 Å². The second kappa shape index (κ2) is 6.44. The van der Waals surface area contributed by atoms with Crippen LogP contribution in [-0.4, -0.2) is 5.91 Å². The Bertz CT molecular complexity index is 780. The van der Waals surface area contributed by atoms with Gasteiger partial charge in [-0.05, 0) is 34.7 Å². The molecule has 3 rings (SSSR count). The van der Waals surface area contributed by atoms with Crippen molar-refractivity contribution in [3.05, 3.63) is 83.9 Å². The Balaban J connectivity index is 1.81. The van der Waals surface area contributed by atoms with Crippen molar-refractivity contribution in [3.63, 3.8) is 0 Å². The molecule has 0 saturated heterocycles. The van der Waals surface area contributed by atoms with Crippen molar-refractivity contribution < 1.29 is 4.79 Å². The minimum absolute atomic E-state index is 0.177. The zero-order chi connectivity index (χ0) is 15.4. The lowest BCUT2D eigenvalue weighted by Gasteiger charge is -2.14. The summed E-state index contributed by atoms with van der Waals surface area (Å²) in [4.78, 5) is 11.8. The third kappa shape index (κ3) is 3.34. The van der Waals surface area contributed by atoms with Gasteiger partial charge in [-0.25, -0.2) is 0 Å². The van der Waals surface area contributed by atoms with Crippen LogP contribution in [0.3, 0.4) is 0 Å². The number of benzene rings is 3. The van der Waals surface area contributed by atoms with Crippen LogP contribution in [-0.2, 0) is 17.6 Å². The molecule has 3 aromatic carbocycles. The summed E-state index contributed by atoms with van der Waals surface area (Å²) in [6.07, 6.45) is 1.36. The third-order valence-electron chi connectivity index (χ3n) is 4.02. The molecule has 2 heteroatoms. The summed E-state index contributed by atoms with van der Waals surface area (Å²) in [5, 5.41) is 2.41. The summed E-state index contributed by atoms with van der Waals surface area (Å²) in [6.45, 7) is 0. The highest BCUT2D eigenvalue weighted by Crippen LogP contribution is 2.20. The molecule has 0 aliphatic carbocycles. The SMILES string of the molecule is NC(=O)C(Cc1ccccc1)Cc1ccc2ccccc2c1. The Morgan fingerprint density at radius 2 is 1.41 bits per heavy atom. The third-order valence-corrected chi connectivity index (χ3v) is 4.02. The number of amides is 1. The van der Waals surface area contributed by atoms with Gasteiger partial charge in [-0.2, -0.15) is 0 Å². The van der Waals surface area contributed by atoms with E-state index < -0.39 is 0 Å². The lowest BCUT2D eigenvalue weighted by atomic mass is 9.91. The molecule has 2 nitrogen and oxygen atoms in total. The number of primary amides is 1. The average molecular weight is 289 g/mol. The minimum atomic E-state index is -0.239. The molecule has 22 heavy (non-hydrogen) atoms. The average Bonchev–Trinajstić information content (AvgIpc) is 2.55. The molecule has 0 spiro atoms. The highest BCUT2D eigenvalue weighted by atomic mass is 16.1. The van der Waals surface area contributed by atoms with Gasteiger partial charge < -0.3 is 5.73 Å². The Morgan fingerprint density at radius 1 is 0.773 bits per heavy atom. The van der Waals surface area contributed by atoms with Crippen LogP contribution in [0.25, 0.3) is 10.8 Å². The maximum Gasteiger partial charge on any atom is 0.221 e. The highest BCUT2D eigenvalue weighted by molar-refractivity contribution is 5.83. The Kier molecular flexibility index (Phi) is 4.19. The van der Waals surface area contributed by atoms with Crippen molar-refractivity contribution in [1.82, 2.24) is 0 Å². The van der Waals surface area contributed by atoms with Gasteiger partial charge in [-0.3, -0.25) is 4.79 Å². The predicted molar refractivity (Wildman–Crippen MR) is 90.5 cm³/mol. The largest absolute Gasteiger partial charge is 0.369 e. The van der Waals surface area contributed by atoms with Gasteiger partial charge in [0.2, 0.25) is 5.91 Å². The van der Waals surface area contributed by atoms with Crippen LogP contribution >= 0.6 is 0 Å². The number of fused-ring (bicyclic) bond motifs is 1. The summed E-state index contributed by atoms with van der Waals surface area (Å²) in [7, 11) is 0. The van der Waals surface area contributed by atoms with Crippen LogP contribution < -0.4 is 5.73 Å². The Labute approximate surface area is 130 Å². The molecule has 0 radical (unpaired) electrons. The fourth-order valence-electron chi connectivity index (χ4n) is 2.82. The normalized spacial score (nSPS) is 12.2. The molecule has 2 N–H and O–H groups in total. The first kappa shape index (κ1) is 14.3. The van der Waals surface area contributed by atoms with Crippen molar-refractivity contribution in [2.45, 2.75) is 12.8 Å². The van der Waals surface area contributed by atoms with Crippen molar-refractivity contribution in [1.29, 1.82) is 0 Å². The Morgan fingerprint density at radius 3 is 2.14 bits per heavy atom. The van der Waals surface area contributed by atoms with E-state index in [4.69, 9.17) is 5.73 Å². The van der Waals surface area contributed by atoms with E-state index in [0.29, 0.717) is 12.8 Å². The standard InChI is InChI=1S/C20H19NO/c21-20(22)19(12-15-6-2-1-3-7-15)14-16-10-11-17-8-4-5-9-18(17)13-16/h1-11,13,19H,12,14H2,(H2,21,22). The molecule has 0 aliphatic rings. The molecule has 0 aromatic heterocycles. The number of nitrogens with two attached hydrogens (primary N) is 1. The molecule has 3 aromatic rings. The number of rotatable bonds is 5. The lowest BCUT2D eigenvalue weighted by Crippen LogP contribution is -2.27. The number of carbonyl (C=O) groups excluding carboxylic acids is 1. The van der Waals surface area contributed by atoms with Crippen molar-refractivity contribution in [2.24, 2.45) is 11.7 Å².